The van der Waals surface area contributed by atoms with Crippen molar-refractivity contribution < 1.29 is 13.2 Å². The molecule has 0 nitrogen and oxygen atoms in total. The van der Waals surface area contributed by atoms with Crippen LogP contribution in [0.4, 0.5) is 13.2 Å². The predicted molar refractivity (Wildman–Crippen MR) is 74.5 cm³/mol. The van der Waals surface area contributed by atoms with Crippen LogP contribution in [-0.4, -0.2) is 0 Å². The zero-order valence-corrected chi connectivity index (χ0v) is 11.4. The first-order chi connectivity index (χ1) is 8.95. The van der Waals surface area contributed by atoms with Gasteiger partial charge in [-0.15, -0.1) is 0 Å². The third-order valence-electron chi connectivity index (χ3n) is 2.55. The van der Waals surface area contributed by atoms with E-state index in [-0.39, 0.29) is 0 Å². The minimum Gasteiger partial charge on any atom is -0.166 e. The summed E-state index contributed by atoms with van der Waals surface area (Å²) in [7, 11) is 0. The van der Waals surface area contributed by atoms with Crippen molar-refractivity contribution in [3.05, 3.63) is 69.7 Å². The van der Waals surface area contributed by atoms with Crippen LogP contribution in [0.5, 0.6) is 0 Å². The van der Waals surface area contributed by atoms with Crippen molar-refractivity contribution in [3.8, 4) is 0 Å². The molecule has 0 bridgehead atoms. The largest absolute Gasteiger partial charge is 0.416 e. The zero-order valence-electron chi connectivity index (χ0n) is 9.79. The van der Waals surface area contributed by atoms with Gasteiger partial charge in [0.25, 0.3) is 0 Å². The lowest BCUT2D eigenvalue weighted by Gasteiger charge is -2.05. The summed E-state index contributed by atoms with van der Waals surface area (Å²) in [6.45, 7) is 0. The Hall–Kier alpha value is -1.55. The molecule has 0 amide bonds. The molecular weight excluding hydrogens is 317 g/mol. The third-order valence-corrected chi connectivity index (χ3v) is 3.05. The number of benzene rings is 2. The highest BCUT2D eigenvalue weighted by molar-refractivity contribution is 9.10. The van der Waals surface area contributed by atoms with Gasteiger partial charge in [-0.2, -0.15) is 13.2 Å². The molecule has 0 spiro atoms. The summed E-state index contributed by atoms with van der Waals surface area (Å²) < 4.78 is 38.1. The maximum absolute atomic E-state index is 12.4. The van der Waals surface area contributed by atoms with Gasteiger partial charge in [0.2, 0.25) is 0 Å². The van der Waals surface area contributed by atoms with E-state index in [1.807, 2.05) is 30.3 Å². The van der Waals surface area contributed by atoms with Crippen LogP contribution in [-0.2, 0) is 6.18 Å². The molecule has 4 heteroatoms. The topological polar surface area (TPSA) is 0 Å². The normalized spacial score (nSPS) is 12.0. The Bertz CT molecular complexity index is 583. The van der Waals surface area contributed by atoms with Gasteiger partial charge in [0, 0.05) is 4.47 Å². The Morgan fingerprint density at radius 1 is 0.842 bits per heavy atom. The number of alkyl halides is 3. The van der Waals surface area contributed by atoms with Crippen molar-refractivity contribution in [2.24, 2.45) is 0 Å². The Labute approximate surface area is 117 Å². The van der Waals surface area contributed by atoms with Crippen LogP contribution in [0.15, 0.2) is 53.0 Å². The van der Waals surface area contributed by atoms with E-state index in [2.05, 4.69) is 15.9 Å². The lowest BCUT2D eigenvalue weighted by Crippen LogP contribution is -2.03. The number of rotatable bonds is 2. The van der Waals surface area contributed by atoms with Crippen LogP contribution in [0.3, 0.4) is 0 Å². The summed E-state index contributed by atoms with van der Waals surface area (Å²) in [6.07, 6.45) is -0.651. The summed E-state index contributed by atoms with van der Waals surface area (Å²) in [5.41, 5.74) is 1.08. The van der Waals surface area contributed by atoms with E-state index in [4.69, 9.17) is 0 Å². The van der Waals surface area contributed by atoms with Crippen molar-refractivity contribution in [3.63, 3.8) is 0 Å². The van der Waals surface area contributed by atoms with Gasteiger partial charge in [0.05, 0.1) is 5.56 Å². The van der Waals surface area contributed by atoms with Gasteiger partial charge in [-0.05, 0) is 35.4 Å². The molecule has 0 aromatic heterocycles. The summed E-state index contributed by atoms with van der Waals surface area (Å²) in [6, 6.07) is 12.7. The highest BCUT2D eigenvalue weighted by atomic mass is 79.9. The molecule has 98 valence electrons. The molecule has 2 rings (SSSR count). The predicted octanol–water partition coefficient (Wildman–Crippen LogP) is 5.64. The molecule has 0 atom stereocenters. The number of hydrogen-bond donors (Lipinski definition) is 0. The summed E-state index contributed by atoms with van der Waals surface area (Å²) >= 11 is 3.36. The Balaban J connectivity index is 2.16. The highest BCUT2D eigenvalue weighted by Crippen LogP contribution is 2.29. The van der Waals surface area contributed by atoms with E-state index in [9.17, 15) is 13.2 Å². The monoisotopic (exact) mass is 326 g/mol. The fraction of sp³-hybridized carbons (Fsp3) is 0.0667. The van der Waals surface area contributed by atoms with Gasteiger partial charge in [-0.3, -0.25) is 0 Å². The quantitative estimate of drug-likeness (QED) is 0.626. The molecule has 0 saturated carbocycles. The Morgan fingerprint density at radius 2 is 1.47 bits per heavy atom. The number of halogens is 4. The van der Waals surface area contributed by atoms with Gasteiger partial charge in [0.1, 0.15) is 0 Å². The SMILES string of the molecule is FC(F)(F)c1ccc(/C=C/c2cccc(Br)c2)cc1. The second kappa shape index (κ2) is 5.61. The summed E-state index contributed by atoms with van der Waals surface area (Å²) in [4.78, 5) is 0. The van der Waals surface area contributed by atoms with E-state index in [1.165, 1.54) is 12.1 Å². The zero-order chi connectivity index (χ0) is 13.9. The second-order valence-corrected chi connectivity index (χ2v) is 4.92. The molecule has 0 radical (unpaired) electrons. The first-order valence-corrected chi connectivity index (χ1v) is 6.35. The lowest BCUT2D eigenvalue weighted by atomic mass is 10.1. The Morgan fingerprint density at radius 3 is 2.05 bits per heavy atom. The van der Waals surface area contributed by atoms with Crippen LogP contribution in [0, 0.1) is 0 Å². The van der Waals surface area contributed by atoms with Crippen molar-refractivity contribution >= 4 is 28.1 Å². The van der Waals surface area contributed by atoms with Crippen molar-refractivity contribution in [2.45, 2.75) is 6.18 Å². The Kier molecular flexibility index (Phi) is 4.10. The molecule has 0 saturated heterocycles. The molecule has 0 aliphatic rings. The molecule has 2 aromatic carbocycles. The van der Waals surface area contributed by atoms with Gasteiger partial charge >= 0.3 is 6.18 Å². The van der Waals surface area contributed by atoms with Gasteiger partial charge < -0.3 is 0 Å². The fourth-order valence-electron chi connectivity index (χ4n) is 1.59. The van der Waals surface area contributed by atoms with Crippen LogP contribution in [0.25, 0.3) is 12.2 Å². The van der Waals surface area contributed by atoms with Gasteiger partial charge in [0.15, 0.2) is 0 Å². The van der Waals surface area contributed by atoms with Crippen molar-refractivity contribution in [1.82, 2.24) is 0 Å². The molecule has 19 heavy (non-hydrogen) atoms. The highest BCUT2D eigenvalue weighted by Gasteiger charge is 2.29. The van der Waals surface area contributed by atoms with Crippen molar-refractivity contribution in [2.75, 3.05) is 0 Å². The molecule has 2 aromatic rings. The third kappa shape index (κ3) is 3.96. The van der Waals surface area contributed by atoms with E-state index < -0.39 is 11.7 Å². The minimum atomic E-state index is -4.29. The van der Waals surface area contributed by atoms with Crippen LogP contribution in [0.2, 0.25) is 0 Å². The van der Waals surface area contributed by atoms with Crippen molar-refractivity contribution in [1.29, 1.82) is 0 Å². The molecular formula is C15H10BrF3. The summed E-state index contributed by atoms with van der Waals surface area (Å²) in [5, 5.41) is 0. The molecule has 0 N–H and O–H groups in total. The van der Waals surface area contributed by atoms with Crippen LogP contribution >= 0.6 is 15.9 Å². The fourth-order valence-corrected chi connectivity index (χ4v) is 2.00. The molecule has 0 aliphatic heterocycles. The van der Waals surface area contributed by atoms with E-state index >= 15 is 0 Å². The molecule has 0 unspecified atom stereocenters. The minimum absolute atomic E-state index is 0.632. The first-order valence-electron chi connectivity index (χ1n) is 5.56. The second-order valence-electron chi connectivity index (χ2n) is 4.01. The van der Waals surface area contributed by atoms with E-state index in [0.29, 0.717) is 0 Å². The van der Waals surface area contributed by atoms with Gasteiger partial charge in [-0.1, -0.05) is 52.3 Å². The van der Waals surface area contributed by atoms with E-state index in [0.717, 1.165) is 27.7 Å². The number of hydrogen-bond acceptors (Lipinski definition) is 0. The average molecular weight is 327 g/mol. The molecule has 0 fully saturated rings. The van der Waals surface area contributed by atoms with E-state index in [1.54, 1.807) is 6.08 Å². The standard InChI is InChI=1S/C15H10BrF3/c16-14-3-1-2-12(10-14)5-4-11-6-8-13(9-7-11)15(17,18)19/h1-10H/b5-4+. The van der Waals surface area contributed by atoms with Gasteiger partial charge in [-0.25, -0.2) is 0 Å². The average Bonchev–Trinajstić information content (AvgIpc) is 2.36. The first kappa shape index (κ1) is 13.9. The maximum Gasteiger partial charge on any atom is 0.416 e. The molecule has 0 heterocycles. The smallest absolute Gasteiger partial charge is 0.166 e. The lowest BCUT2D eigenvalue weighted by molar-refractivity contribution is -0.137. The summed E-state index contributed by atoms with van der Waals surface area (Å²) in [5.74, 6) is 0. The van der Waals surface area contributed by atoms with Crippen LogP contribution < -0.4 is 0 Å². The van der Waals surface area contributed by atoms with Crippen LogP contribution in [0.1, 0.15) is 16.7 Å². The molecule has 0 aliphatic carbocycles. The maximum atomic E-state index is 12.4.